The molecule has 2 fully saturated rings. The Morgan fingerprint density at radius 2 is 1.65 bits per heavy atom. The van der Waals surface area contributed by atoms with E-state index in [0.29, 0.717) is 19.3 Å². The molecule has 7 heteroatoms. The van der Waals surface area contributed by atoms with Crippen LogP contribution in [0.3, 0.4) is 0 Å². The molecule has 3 aliphatic carbocycles. The molecule has 0 aromatic heterocycles. The molecular formula is C30H46O7. The third-order valence-corrected chi connectivity index (χ3v) is 9.58. The third kappa shape index (κ3) is 5.31. The summed E-state index contributed by atoms with van der Waals surface area (Å²) in [6.07, 6.45) is 0.464. The zero-order valence-corrected chi connectivity index (χ0v) is 24.1. The maximum Gasteiger partial charge on any atom is 0.303 e. The predicted molar refractivity (Wildman–Crippen MR) is 140 cm³/mol. The fraction of sp³-hybridized carbons (Fsp3) is 0.767. The molecule has 7 nitrogen and oxygen atoms in total. The number of allylic oxidation sites excluding steroid dienone is 1. The molecule has 0 aliphatic heterocycles. The highest BCUT2D eigenvalue weighted by atomic mass is 16.6. The predicted octanol–water partition coefficient (Wildman–Crippen LogP) is 4.81. The molecule has 2 saturated carbocycles. The largest absolute Gasteiger partial charge is 0.462 e. The van der Waals surface area contributed by atoms with Crippen LogP contribution >= 0.6 is 0 Å². The topological polar surface area (TPSA) is 99.1 Å². The number of ether oxygens (including phenoxy) is 3. The number of Topliss-reactive ketones (excluding diaryl/α,β-unsaturated/α-hetero) is 1. The van der Waals surface area contributed by atoms with Crippen molar-refractivity contribution in [2.45, 2.75) is 105 Å². The lowest BCUT2D eigenvalue weighted by Crippen LogP contribution is -2.60. The minimum absolute atomic E-state index is 0.0298. The second-order valence-corrected chi connectivity index (χ2v) is 12.5. The van der Waals surface area contributed by atoms with Gasteiger partial charge in [0.05, 0.1) is 12.2 Å². The molecular weight excluding hydrogens is 472 g/mol. The molecule has 208 valence electrons. The SMILES string of the molecule is C=C1[C@@H](OC(C)=O)CC[C@@]2(C)C[C@H](OC)C3=C(C)C[C@H](C(=O)C(C)C(C)O)[C@@H]([C@@H](OC(C)=O)[C@H]12)C3(C)C. The van der Waals surface area contributed by atoms with Gasteiger partial charge in [-0.1, -0.05) is 39.8 Å². The number of hydrogen-bond donors (Lipinski definition) is 1. The minimum atomic E-state index is -0.794. The summed E-state index contributed by atoms with van der Waals surface area (Å²) < 4.78 is 18.0. The van der Waals surface area contributed by atoms with Gasteiger partial charge >= 0.3 is 11.9 Å². The molecule has 0 spiro atoms. The Kier molecular flexibility index (Phi) is 8.50. The molecule has 0 saturated heterocycles. The molecule has 0 aromatic rings. The first-order chi connectivity index (χ1) is 17.1. The Morgan fingerprint density at radius 3 is 2.16 bits per heavy atom. The lowest BCUT2D eigenvalue weighted by Gasteiger charge is -2.59. The lowest BCUT2D eigenvalue weighted by atomic mass is 9.48. The summed E-state index contributed by atoms with van der Waals surface area (Å²) in [5.74, 6) is -2.57. The van der Waals surface area contributed by atoms with Crippen LogP contribution in [-0.2, 0) is 28.6 Å². The second-order valence-electron chi connectivity index (χ2n) is 12.5. The number of aliphatic hydroxyl groups is 1. The molecule has 1 N–H and O–H groups in total. The van der Waals surface area contributed by atoms with Gasteiger partial charge in [-0.05, 0) is 61.5 Å². The summed E-state index contributed by atoms with van der Waals surface area (Å²) in [4.78, 5) is 38.5. The van der Waals surface area contributed by atoms with E-state index in [9.17, 15) is 19.5 Å². The summed E-state index contributed by atoms with van der Waals surface area (Å²) in [6.45, 7) is 19.1. The van der Waals surface area contributed by atoms with Gasteiger partial charge in [-0.2, -0.15) is 0 Å². The van der Waals surface area contributed by atoms with E-state index >= 15 is 0 Å². The Balaban J connectivity index is 2.30. The zero-order chi connectivity index (χ0) is 28.0. The van der Waals surface area contributed by atoms with Gasteiger partial charge in [-0.15, -0.1) is 0 Å². The van der Waals surface area contributed by atoms with E-state index < -0.39 is 41.5 Å². The van der Waals surface area contributed by atoms with Crippen LogP contribution in [0.5, 0.6) is 0 Å². The number of aliphatic hydroxyl groups excluding tert-OH is 1. The van der Waals surface area contributed by atoms with E-state index in [1.807, 2.05) is 0 Å². The molecule has 37 heavy (non-hydrogen) atoms. The molecule has 3 aliphatic rings. The molecule has 0 amide bonds. The Hall–Kier alpha value is -1.99. The molecule has 9 atom stereocenters. The molecule has 0 radical (unpaired) electrons. The van der Waals surface area contributed by atoms with Crippen molar-refractivity contribution < 1.29 is 33.7 Å². The number of carbonyl (C=O) groups is 3. The molecule has 0 aromatic carbocycles. The highest BCUT2D eigenvalue weighted by molar-refractivity contribution is 5.85. The van der Waals surface area contributed by atoms with Crippen molar-refractivity contribution in [2.24, 2.45) is 34.5 Å². The van der Waals surface area contributed by atoms with E-state index in [1.54, 1.807) is 21.0 Å². The van der Waals surface area contributed by atoms with Gasteiger partial charge in [-0.3, -0.25) is 14.4 Å². The summed E-state index contributed by atoms with van der Waals surface area (Å²) in [7, 11) is 1.73. The number of methoxy groups -OCH3 is 1. The average molecular weight is 519 g/mol. The third-order valence-electron chi connectivity index (χ3n) is 9.58. The maximum absolute atomic E-state index is 13.9. The Morgan fingerprint density at radius 1 is 1.05 bits per heavy atom. The highest BCUT2D eigenvalue weighted by Crippen LogP contribution is 2.61. The Labute approximate surface area is 222 Å². The maximum atomic E-state index is 13.9. The fourth-order valence-electron chi connectivity index (χ4n) is 7.87. The number of rotatable bonds is 6. The summed E-state index contributed by atoms with van der Waals surface area (Å²) in [6, 6.07) is 0. The molecule has 3 rings (SSSR count). The van der Waals surface area contributed by atoms with E-state index in [2.05, 4.69) is 34.3 Å². The van der Waals surface area contributed by atoms with Crippen LogP contribution in [-0.4, -0.2) is 54.4 Å². The van der Waals surface area contributed by atoms with Crippen molar-refractivity contribution in [1.29, 1.82) is 0 Å². The summed E-state index contributed by atoms with van der Waals surface area (Å²) >= 11 is 0. The van der Waals surface area contributed by atoms with Crippen molar-refractivity contribution in [3.8, 4) is 0 Å². The average Bonchev–Trinajstić information content (AvgIpc) is 2.77. The van der Waals surface area contributed by atoms with Gasteiger partial charge in [0, 0.05) is 44.6 Å². The van der Waals surface area contributed by atoms with E-state index in [-0.39, 0.29) is 35.1 Å². The van der Waals surface area contributed by atoms with Crippen molar-refractivity contribution in [3.63, 3.8) is 0 Å². The van der Waals surface area contributed by atoms with Crippen molar-refractivity contribution in [1.82, 2.24) is 0 Å². The fourth-order valence-corrected chi connectivity index (χ4v) is 7.87. The van der Waals surface area contributed by atoms with Gasteiger partial charge in [0.1, 0.15) is 18.0 Å². The van der Waals surface area contributed by atoms with Gasteiger partial charge in [-0.25, -0.2) is 0 Å². The number of fused-ring (bicyclic) bond motifs is 3. The van der Waals surface area contributed by atoms with E-state index in [0.717, 1.165) is 17.6 Å². The molecule has 2 bridgehead atoms. The summed E-state index contributed by atoms with van der Waals surface area (Å²) in [5, 5.41) is 10.3. The van der Waals surface area contributed by atoms with E-state index in [4.69, 9.17) is 14.2 Å². The zero-order valence-electron chi connectivity index (χ0n) is 24.1. The van der Waals surface area contributed by atoms with Crippen molar-refractivity contribution >= 4 is 17.7 Å². The molecule has 2 unspecified atom stereocenters. The second kappa shape index (κ2) is 10.6. The first kappa shape index (κ1) is 29.6. The van der Waals surface area contributed by atoms with Crippen LogP contribution in [0.25, 0.3) is 0 Å². The summed E-state index contributed by atoms with van der Waals surface area (Å²) in [5.41, 5.74) is 2.11. The van der Waals surface area contributed by atoms with Gasteiger partial charge in [0.15, 0.2) is 0 Å². The standard InChI is InChI=1S/C30H46O7/c1-15-13-21(27(34)16(2)18(4)31)26-28(37-20(6)33)25-17(3)22(36-19(5)32)11-12-30(25,9)14-23(35-10)24(15)29(26,7)8/h16,18,21-23,25-26,28,31H,3,11-14H2,1-2,4-10H3/t16?,18?,21-,22-,23-,25-,26-,28-,30-/m0/s1. The number of carbonyl (C=O) groups excluding carboxylic acids is 3. The van der Waals surface area contributed by atoms with Crippen LogP contribution in [0.4, 0.5) is 0 Å². The Bertz CT molecular complexity index is 976. The first-order valence-corrected chi connectivity index (χ1v) is 13.5. The smallest absolute Gasteiger partial charge is 0.303 e. The number of ketones is 1. The van der Waals surface area contributed by atoms with Gasteiger partial charge in [0.25, 0.3) is 0 Å². The van der Waals surface area contributed by atoms with Crippen molar-refractivity contribution in [2.75, 3.05) is 7.11 Å². The normalized spacial score (nSPS) is 37.0. The number of hydrogen-bond acceptors (Lipinski definition) is 7. The quantitative estimate of drug-likeness (QED) is 0.398. The monoisotopic (exact) mass is 518 g/mol. The van der Waals surface area contributed by atoms with Crippen LogP contribution in [0, 0.1) is 34.5 Å². The minimum Gasteiger partial charge on any atom is -0.462 e. The van der Waals surface area contributed by atoms with Crippen LogP contribution < -0.4 is 0 Å². The van der Waals surface area contributed by atoms with Gasteiger partial charge < -0.3 is 19.3 Å². The lowest BCUT2D eigenvalue weighted by molar-refractivity contribution is -0.175. The van der Waals surface area contributed by atoms with Crippen LogP contribution in [0.1, 0.15) is 81.1 Å². The van der Waals surface area contributed by atoms with Crippen LogP contribution in [0.15, 0.2) is 23.3 Å². The first-order valence-electron chi connectivity index (χ1n) is 13.5. The van der Waals surface area contributed by atoms with Crippen molar-refractivity contribution in [3.05, 3.63) is 23.3 Å². The molecule has 0 heterocycles. The van der Waals surface area contributed by atoms with Gasteiger partial charge in [0.2, 0.25) is 0 Å². The number of esters is 2. The van der Waals surface area contributed by atoms with E-state index in [1.165, 1.54) is 19.4 Å². The van der Waals surface area contributed by atoms with Crippen LogP contribution in [0.2, 0.25) is 0 Å². The highest BCUT2D eigenvalue weighted by Gasteiger charge is 2.61.